The summed E-state index contributed by atoms with van der Waals surface area (Å²) in [5.41, 5.74) is 1.61. The second kappa shape index (κ2) is 3.76. The summed E-state index contributed by atoms with van der Waals surface area (Å²) >= 11 is 6.82. The molecule has 0 aliphatic rings. The van der Waals surface area contributed by atoms with Crippen molar-refractivity contribution in [3.8, 4) is 0 Å². The molecule has 0 amide bonds. The van der Waals surface area contributed by atoms with Crippen LogP contribution in [-0.4, -0.2) is 5.78 Å². The fourth-order valence-corrected chi connectivity index (χ4v) is 2.89. The van der Waals surface area contributed by atoms with Crippen LogP contribution in [0.3, 0.4) is 0 Å². The van der Waals surface area contributed by atoms with Crippen molar-refractivity contribution < 1.29 is 9.21 Å². The number of fused-ring (bicyclic) bond motifs is 1. The number of halogens is 2. The lowest BCUT2D eigenvalue weighted by molar-refractivity contribution is 0.0988. The molecule has 0 aliphatic heterocycles. The van der Waals surface area contributed by atoms with Crippen molar-refractivity contribution in [1.82, 2.24) is 0 Å². The van der Waals surface area contributed by atoms with Gasteiger partial charge in [0, 0.05) is 22.3 Å². The molecule has 0 unspecified atom stereocenters. The van der Waals surface area contributed by atoms with Gasteiger partial charge in [0.15, 0.2) is 11.5 Å². The minimum absolute atomic E-state index is 0.0493. The molecule has 1 aromatic carbocycles. The van der Waals surface area contributed by atoms with Crippen molar-refractivity contribution in [3.05, 3.63) is 32.4 Å². The lowest BCUT2D eigenvalue weighted by atomic mass is 10.1. The van der Waals surface area contributed by atoms with E-state index in [2.05, 4.69) is 31.9 Å². The molecule has 0 bridgehead atoms. The molecule has 0 saturated heterocycles. The van der Waals surface area contributed by atoms with Crippen LogP contribution < -0.4 is 0 Å². The Bertz CT molecular complexity index is 555. The topological polar surface area (TPSA) is 30.2 Å². The number of ketones is 1. The smallest absolute Gasteiger partial charge is 0.195 e. The number of hydrogen-bond acceptors (Lipinski definition) is 2. The van der Waals surface area contributed by atoms with Gasteiger partial charge in [0.2, 0.25) is 0 Å². The highest BCUT2D eigenvalue weighted by Gasteiger charge is 2.16. The van der Waals surface area contributed by atoms with Crippen LogP contribution >= 0.6 is 31.9 Å². The Morgan fingerprint density at radius 3 is 2.60 bits per heavy atom. The van der Waals surface area contributed by atoms with E-state index >= 15 is 0 Å². The Hall–Kier alpha value is -0.610. The third-order valence-electron chi connectivity index (χ3n) is 2.28. The van der Waals surface area contributed by atoms with Gasteiger partial charge in [-0.1, -0.05) is 15.9 Å². The number of aryl methyl sites for hydroxylation is 1. The summed E-state index contributed by atoms with van der Waals surface area (Å²) in [6, 6.07) is 3.85. The van der Waals surface area contributed by atoms with Gasteiger partial charge >= 0.3 is 0 Å². The minimum Gasteiger partial charge on any atom is -0.451 e. The first kappa shape index (κ1) is 10.9. The summed E-state index contributed by atoms with van der Waals surface area (Å²) in [5.74, 6) is 0.385. The third-order valence-corrected chi connectivity index (χ3v) is 3.32. The molecule has 78 valence electrons. The van der Waals surface area contributed by atoms with Gasteiger partial charge in [-0.25, -0.2) is 0 Å². The van der Waals surface area contributed by atoms with Crippen LogP contribution in [0.2, 0.25) is 0 Å². The molecular formula is C11H8Br2O2. The molecule has 1 heterocycles. The zero-order valence-electron chi connectivity index (χ0n) is 8.23. The zero-order valence-corrected chi connectivity index (χ0v) is 11.4. The predicted molar refractivity (Wildman–Crippen MR) is 66.4 cm³/mol. The molecule has 1 aromatic heterocycles. The number of rotatable bonds is 1. The number of carbonyl (C=O) groups excluding carboxylic acids is 1. The number of furan rings is 1. The molecule has 0 spiro atoms. The standard InChI is InChI=1S/C11H8Br2O2/c1-5-8-3-7(12)4-9(13)11(8)15-10(5)6(2)14/h3-4H,1-2H3. The predicted octanol–water partition coefficient (Wildman–Crippen LogP) is 4.47. The lowest BCUT2D eigenvalue weighted by Crippen LogP contribution is -1.90. The minimum atomic E-state index is -0.0493. The highest BCUT2D eigenvalue weighted by molar-refractivity contribution is 9.11. The van der Waals surface area contributed by atoms with Gasteiger partial charge in [-0.2, -0.15) is 0 Å². The number of Topliss-reactive ketones (excluding diaryl/α,β-unsaturated/α-hetero) is 1. The van der Waals surface area contributed by atoms with Gasteiger partial charge in [-0.3, -0.25) is 4.79 Å². The number of hydrogen-bond donors (Lipinski definition) is 0. The molecule has 15 heavy (non-hydrogen) atoms. The fourth-order valence-electron chi connectivity index (χ4n) is 1.58. The number of carbonyl (C=O) groups is 1. The van der Waals surface area contributed by atoms with E-state index in [1.165, 1.54) is 6.92 Å². The maximum Gasteiger partial charge on any atom is 0.195 e. The van der Waals surface area contributed by atoms with Crippen LogP contribution in [0.4, 0.5) is 0 Å². The number of benzene rings is 1. The Balaban J connectivity index is 2.88. The lowest BCUT2D eigenvalue weighted by Gasteiger charge is -1.94. The highest BCUT2D eigenvalue weighted by atomic mass is 79.9. The van der Waals surface area contributed by atoms with E-state index in [-0.39, 0.29) is 5.78 Å². The van der Waals surface area contributed by atoms with E-state index < -0.39 is 0 Å². The Morgan fingerprint density at radius 2 is 2.00 bits per heavy atom. The van der Waals surface area contributed by atoms with Crippen molar-refractivity contribution >= 4 is 48.6 Å². The summed E-state index contributed by atoms with van der Waals surface area (Å²) in [6.07, 6.45) is 0. The maximum absolute atomic E-state index is 11.3. The molecule has 2 nitrogen and oxygen atoms in total. The van der Waals surface area contributed by atoms with Crippen LogP contribution in [0, 0.1) is 6.92 Å². The van der Waals surface area contributed by atoms with Gasteiger partial charge in [0.1, 0.15) is 5.58 Å². The Labute approximate surface area is 104 Å². The van der Waals surface area contributed by atoms with E-state index in [4.69, 9.17) is 4.42 Å². The summed E-state index contributed by atoms with van der Waals surface area (Å²) in [5, 5.41) is 0.960. The van der Waals surface area contributed by atoms with Crippen LogP contribution in [0.15, 0.2) is 25.5 Å². The van der Waals surface area contributed by atoms with Crippen LogP contribution in [0.1, 0.15) is 23.0 Å². The molecule has 2 aromatic rings. The van der Waals surface area contributed by atoms with Gasteiger partial charge in [-0.05, 0) is 35.0 Å². The average molecular weight is 332 g/mol. The van der Waals surface area contributed by atoms with Crippen molar-refractivity contribution in [2.24, 2.45) is 0 Å². The second-order valence-corrected chi connectivity index (χ2v) is 5.15. The molecular weight excluding hydrogens is 324 g/mol. The van der Waals surface area contributed by atoms with E-state index in [1.54, 1.807) is 0 Å². The summed E-state index contributed by atoms with van der Waals surface area (Å²) in [7, 11) is 0. The van der Waals surface area contributed by atoms with Gasteiger partial charge in [0.05, 0.1) is 4.47 Å². The first-order valence-corrected chi connectivity index (χ1v) is 5.98. The molecule has 0 radical (unpaired) electrons. The first-order valence-electron chi connectivity index (χ1n) is 4.40. The second-order valence-electron chi connectivity index (χ2n) is 3.38. The van der Waals surface area contributed by atoms with E-state index in [0.29, 0.717) is 5.76 Å². The molecule has 2 rings (SSSR count). The SMILES string of the molecule is CC(=O)c1oc2c(Br)cc(Br)cc2c1C. The zero-order chi connectivity index (χ0) is 11.2. The highest BCUT2D eigenvalue weighted by Crippen LogP contribution is 2.34. The summed E-state index contributed by atoms with van der Waals surface area (Å²) < 4.78 is 7.34. The molecule has 0 aliphatic carbocycles. The van der Waals surface area contributed by atoms with Crippen molar-refractivity contribution in [1.29, 1.82) is 0 Å². The summed E-state index contributed by atoms with van der Waals surface area (Å²) in [6.45, 7) is 3.40. The van der Waals surface area contributed by atoms with Crippen molar-refractivity contribution in [2.75, 3.05) is 0 Å². The third kappa shape index (κ3) is 1.76. The Morgan fingerprint density at radius 1 is 1.33 bits per heavy atom. The van der Waals surface area contributed by atoms with E-state index in [0.717, 1.165) is 25.5 Å². The monoisotopic (exact) mass is 330 g/mol. The Kier molecular flexibility index (Phi) is 2.73. The molecule has 0 saturated carbocycles. The van der Waals surface area contributed by atoms with Crippen molar-refractivity contribution in [3.63, 3.8) is 0 Å². The normalized spacial score (nSPS) is 10.9. The molecule has 0 N–H and O–H groups in total. The van der Waals surface area contributed by atoms with Gasteiger partial charge < -0.3 is 4.42 Å². The average Bonchev–Trinajstić information content (AvgIpc) is 2.44. The molecule has 4 heteroatoms. The molecule has 0 fully saturated rings. The largest absolute Gasteiger partial charge is 0.451 e. The van der Waals surface area contributed by atoms with Crippen LogP contribution in [0.5, 0.6) is 0 Å². The quantitative estimate of drug-likeness (QED) is 0.722. The van der Waals surface area contributed by atoms with Crippen LogP contribution in [-0.2, 0) is 0 Å². The van der Waals surface area contributed by atoms with Crippen LogP contribution in [0.25, 0.3) is 11.0 Å². The molecule has 0 atom stereocenters. The van der Waals surface area contributed by atoms with Gasteiger partial charge in [0.25, 0.3) is 0 Å². The van der Waals surface area contributed by atoms with E-state index in [1.807, 2.05) is 19.1 Å². The first-order chi connectivity index (χ1) is 7.00. The van der Waals surface area contributed by atoms with Gasteiger partial charge in [-0.15, -0.1) is 0 Å². The van der Waals surface area contributed by atoms with E-state index in [9.17, 15) is 4.79 Å². The summed E-state index contributed by atoms with van der Waals surface area (Å²) in [4.78, 5) is 11.3. The van der Waals surface area contributed by atoms with Crippen molar-refractivity contribution in [2.45, 2.75) is 13.8 Å². The fraction of sp³-hybridized carbons (Fsp3) is 0.182. The maximum atomic E-state index is 11.3.